The fourth-order valence-electron chi connectivity index (χ4n) is 1.41. The van der Waals surface area contributed by atoms with E-state index in [1.54, 1.807) is 6.08 Å². The molecule has 0 spiro atoms. The molecule has 0 amide bonds. The zero-order valence-electron chi connectivity index (χ0n) is 8.13. The molecule has 2 heteroatoms. The van der Waals surface area contributed by atoms with Crippen molar-refractivity contribution >= 4 is 0 Å². The fourth-order valence-corrected chi connectivity index (χ4v) is 1.41. The molecule has 1 heterocycles. The second kappa shape index (κ2) is 5.73. The van der Waals surface area contributed by atoms with Crippen LogP contribution >= 0.6 is 0 Å². The van der Waals surface area contributed by atoms with Gasteiger partial charge in [-0.05, 0) is 5.57 Å². The molecule has 1 saturated heterocycles. The number of nitrogens with zero attached hydrogens (tertiary/aromatic N) is 1. The van der Waals surface area contributed by atoms with Gasteiger partial charge in [0.25, 0.3) is 0 Å². The van der Waals surface area contributed by atoms with Crippen LogP contribution in [-0.2, 0) is 0 Å². The van der Waals surface area contributed by atoms with Gasteiger partial charge >= 0.3 is 0 Å². The standard InChI is InChI=1S/C11H18N2/c1-3-4-5-11(2)10-13-8-6-12-7-9-13/h3-5,12H,1-2,6-10H2/b5-4-. The van der Waals surface area contributed by atoms with Gasteiger partial charge in [-0.3, -0.25) is 4.90 Å². The maximum Gasteiger partial charge on any atom is 0.0228 e. The Morgan fingerprint density at radius 2 is 2.08 bits per heavy atom. The number of piperazine rings is 1. The number of hydrogen-bond donors (Lipinski definition) is 1. The zero-order chi connectivity index (χ0) is 9.52. The molecule has 0 aromatic carbocycles. The smallest absolute Gasteiger partial charge is 0.0228 e. The molecule has 0 bridgehead atoms. The minimum absolute atomic E-state index is 0.978. The summed E-state index contributed by atoms with van der Waals surface area (Å²) in [5, 5.41) is 3.33. The number of allylic oxidation sites excluding steroid dienone is 2. The normalized spacial score (nSPS) is 19.1. The average molecular weight is 178 g/mol. The van der Waals surface area contributed by atoms with E-state index in [9.17, 15) is 0 Å². The van der Waals surface area contributed by atoms with Gasteiger partial charge in [0.2, 0.25) is 0 Å². The van der Waals surface area contributed by atoms with Crippen molar-refractivity contribution < 1.29 is 0 Å². The van der Waals surface area contributed by atoms with Gasteiger partial charge in [-0.25, -0.2) is 0 Å². The Hall–Kier alpha value is -0.860. The third kappa shape index (κ3) is 4.06. The minimum atomic E-state index is 0.978. The summed E-state index contributed by atoms with van der Waals surface area (Å²) in [6.07, 6.45) is 5.74. The molecule has 1 aliphatic rings. The zero-order valence-corrected chi connectivity index (χ0v) is 8.13. The largest absolute Gasteiger partial charge is 0.314 e. The SMILES string of the molecule is C=C/C=C\C(=C)CN1CCNCC1. The first-order valence-electron chi connectivity index (χ1n) is 4.73. The third-order valence-electron chi connectivity index (χ3n) is 2.10. The minimum Gasteiger partial charge on any atom is -0.314 e. The van der Waals surface area contributed by atoms with Gasteiger partial charge in [-0.1, -0.05) is 31.4 Å². The van der Waals surface area contributed by atoms with Crippen molar-refractivity contribution in [3.8, 4) is 0 Å². The van der Waals surface area contributed by atoms with Crippen LogP contribution in [0.1, 0.15) is 0 Å². The molecule has 1 rings (SSSR count). The van der Waals surface area contributed by atoms with E-state index in [2.05, 4.69) is 23.4 Å². The van der Waals surface area contributed by atoms with Crippen molar-refractivity contribution in [2.75, 3.05) is 32.7 Å². The highest BCUT2D eigenvalue weighted by atomic mass is 15.2. The van der Waals surface area contributed by atoms with E-state index >= 15 is 0 Å². The molecule has 13 heavy (non-hydrogen) atoms. The Bertz CT molecular complexity index is 200. The molecule has 0 radical (unpaired) electrons. The number of hydrogen-bond acceptors (Lipinski definition) is 2. The van der Waals surface area contributed by atoms with Gasteiger partial charge in [0.05, 0.1) is 0 Å². The van der Waals surface area contributed by atoms with Crippen LogP contribution in [0.3, 0.4) is 0 Å². The lowest BCUT2D eigenvalue weighted by Crippen LogP contribution is -2.43. The summed E-state index contributed by atoms with van der Waals surface area (Å²) in [6.45, 7) is 13.0. The first kappa shape index (κ1) is 10.2. The summed E-state index contributed by atoms with van der Waals surface area (Å²) in [5.74, 6) is 0. The predicted octanol–water partition coefficient (Wildman–Crippen LogP) is 1.19. The lowest BCUT2D eigenvalue weighted by molar-refractivity contribution is 0.261. The van der Waals surface area contributed by atoms with Crippen LogP contribution in [0.15, 0.2) is 37.0 Å². The Morgan fingerprint density at radius 3 is 2.69 bits per heavy atom. The highest BCUT2D eigenvalue weighted by Crippen LogP contribution is 2.00. The summed E-state index contributed by atoms with van der Waals surface area (Å²) in [5.41, 5.74) is 1.15. The third-order valence-corrected chi connectivity index (χ3v) is 2.10. The fraction of sp³-hybridized carbons (Fsp3) is 0.455. The number of nitrogens with one attached hydrogen (secondary N) is 1. The highest BCUT2D eigenvalue weighted by molar-refractivity contribution is 5.19. The van der Waals surface area contributed by atoms with Crippen molar-refractivity contribution in [1.29, 1.82) is 0 Å². The molecule has 0 saturated carbocycles. The van der Waals surface area contributed by atoms with Crippen molar-refractivity contribution in [3.63, 3.8) is 0 Å². The van der Waals surface area contributed by atoms with E-state index in [0.717, 1.165) is 38.3 Å². The van der Waals surface area contributed by atoms with Crippen LogP contribution in [0.4, 0.5) is 0 Å². The van der Waals surface area contributed by atoms with Crippen molar-refractivity contribution in [2.45, 2.75) is 0 Å². The molecule has 2 nitrogen and oxygen atoms in total. The molecule has 0 unspecified atom stereocenters. The molecule has 72 valence electrons. The molecule has 0 aliphatic carbocycles. The molecular weight excluding hydrogens is 160 g/mol. The van der Waals surface area contributed by atoms with E-state index in [-0.39, 0.29) is 0 Å². The van der Waals surface area contributed by atoms with Crippen LogP contribution in [0.2, 0.25) is 0 Å². The predicted molar refractivity (Wildman–Crippen MR) is 57.8 cm³/mol. The van der Waals surface area contributed by atoms with E-state index in [1.807, 2.05) is 12.2 Å². The van der Waals surface area contributed by atoms with E-state index in [1.165, 1.54) is 0 Å². The number of rotatable bonds is 4. The lowest BCUT2D eigenvalue weighted by Gasteiger charge is -2.27. The molecule has 0 atom stereocenters. The topological polar surface area (TPSA) is 15.3 Å². The van der Waals surface area contributed by atoms with Crippen LogP contribution in [-0.4, -0.2) is 37.6 Å². The molecule has 0 aromatic rings. The van der Waals surface area contributed by atoms with Gasteiger partial charge in [0, 0.05) is 32.7 Å². The summed E-state index contributed by atoms with van der Waals surface area (Å²) in [4.78, 5) is 2.41. The van der Waals surface area contributed by atoms with Crippen LogP contribution in [0.25, 0.3) is 0 Å². The van der Waals surface area contributed by atoms with Crippen LogP contribution in [0.5, 0.6) is 0 Å². The monoisotopic (exact) mass is 178 g/mol. The van der Waals surface area contributed by atoms with E-state index < -0.39 is 0 Å². The Morgan fingerprint density at radius 1 is 1.38 bits per heavy atom. The van der Waals surface area contributed by atoms with Crippen molar-refractivity contribution in [3.05, 3.63) is 37.0 Å². The first-order valence-corrected chi connectivity index (χ1v) is 4.73. The molecule has 1 fully saturated rings. The molecule has 0 aromatic heterocycles. The van der Waals surface area contributed by atoms with Gasteiger partial charge in [0.1, 0.15) is 0 Å². The summed E-state index contributed by atoms with van der Waals surface area (Å²) in [6, 6.07) is 0. The summed E-state index contributed by atoms with van der Waals surface area (Å²) < 4.78 is 0. The maximum absolute atomic E-state index is 3.99. The molecule has 1 N–H and O–H groups in total. The van der Waals surface area contributed by atoms with Gasteiger partial charge < -0.3 is 5.32 Å². The van der Waals surface area contributed by atoms with Crippen LogP contribution < -0.4 is 5.32 Å². The first-order chi connectivity index (χ1) is 6.33. The second-order valence-electron chi connectivity index (χ2n) is 3.28. The average Bonchev–Trinajstić information content (AvgIpc) is 2.16. The van der Waals surface area contributed by atoms with Crippen LogP contribution in [0, 0.1) is 0 Å². The summed E-state index contributed by atoms with van der Waals surface area (Å²) in [7, 11) is 0. The Balaban J connectivity index is 2.25. The van der Waals surface area contributed by atoms with Gasteiger partial charge in [-0.2, -0.15) is 0 Å². The maximum atomic E-state index is 3.99. The Labute approximate surface area is 80.6 Å². The molecule has 1 aliphatic heterocycles. The highest BCUT2D eigenvalue weighted by Gasteiger charge is 2.08. The molecular formula is C11H18N2. The van der Waals surface area contributed by atoms with E-state index in [4.69, 9.17) is 0 Å². The van der Waals surface area contributed by atoms with Crippen molar-refractivity contribution in [2.24, 2.45) is 0 Å². The van der Waals surface area contributed by atoms with E-state index in [0.29, 0.717) is 0 Å². The quantitative estimate of drug-likeness (QED) is 0.651. The van der Waals surface area contributed by atoms with Gasteiger partial charge in [0.15, 0.2) is 0 Å². The second-order valence-corrected chi connectivity index (χ2v) is 3.28. The van der Waals surface area contributed by atoms with Gasteiger partial charge in [-0.15, -0.1) is 0 Å². The summed E-state index contributed by atoms with van der Waals surface area (Å²) >= 11 is 0. The lowest BCUT2D eigenvalue weighted by atomic mass is 10.2. The van der Waals surface area contributed by atoms with Crippen molar-refractivity contribution in [1.82, 2.24) is 10.2 Å². The Kier molecular flexibility index (Phi) is 4.50.